The summed E-state index contributed by atoms with van der Waals surface area (Å²) in [5.74, 6) is 0.732. The summed E-state index contributed by atoms with van der Waals surface area (Å²) in [6.45, 7) is 5.98. The third-order valence-corrected chi connectivity index (χ3v) is 7.09. The standard InChI is InChI=1S/C29H28N2O4S2/c1-18(2)22-7-5-6-8-23(22)30-27(32)17-35-24-14-11-20(15-25(24)34-4)16-26-28(33)31(29(36)37-26)21-12-9-19(3)10-13-21/h5-16,18H,17H2,1-4H3,(H,30,32)/b26-16+. The molecule has 0 unspecified atom stereocenters. The molecule has 3 aromatic rings. The summed E-state index contributed by atoms with van der Waals surface area (Å²) >= 11 is 6.72. The lowest BCUT2D eigenvalue weighted by Gasteiger charge is -2.15. The lowest BCUT2D eigenvalue weighted by molar-refractivity contribution is -0.118. The number of para-hydroxylation sites is 1. The van der Waals surface area contributed by atoms with Crippen LogP contribution in [0.1, 0.15) is 36.5 Å². The number of amides is 2. The van der Waals surface area contributed by atoms with E-state index in [1.165, 1.54) is 23.8 Å². The first-order valence-corrected chi connectivity index (χ1v) is 13.0. The minimum atomic E-state index is -0.265. The van der Waals surface area contributed by atoms with Gasteiger partial charge in [-0.05, 0) is 60.4 Å². The zero-order valence-corrected chi connectivity index (χ0v) is 22.7. The van der Waals surface area contributed by atoms with E-state index in [1.807, 2.05) is 61.5 Å². The fraction of sp³-hybridized carbons (Fsp3) is 0.207. The highest BCUT2D eigenvalue weighted by atomic mass is 32.2. The Labute approximate surface area is 226 Å². The number of aryl methyl sites for hydroxylation is 1. The molecule has 0 atom stereocenters. The molecule has 0 saturated carbocycles. The number of hydrogen-bond acceptors (Lipinski definition) is 6. The molecule has 0 bridgehead atoms. The smallest absolute Gasteiger partial charge is 0.270 e. The number of carbonyl (C=O) groups excluding carboxylic acids is 2. The third-order valence-electron chi connectivity index (χ3n) is 5.79. The average molecular weight is 533 g/mol. The Morgan fingerprint density at radius 3 is 2.51 bits per heavy atom. The fourth-order valence-corrected chi connectivity index (χ4v) is 5.17. The van der Waals surface area contributed by atoms with Gasteiger partial charge < -0.3 is 14.8 Å². The molecule has 0 aromatic heterocycles. The number of ether oxygens (including phenoxy) is 2. The largest absolute Gasteiger partial charge is 0.493 e. The molecular formula is C29H28N2O4S2. The van der Waals surface area contributed by atoms with Crippen molar-refractivity contribution >= 4 is 57.6 Å². The Balaban J connectivity index is 1.45. The summed E-state index contributed by atoms with van der Waals surface area (Å²) < 4.78 is 11.7. The average Bonchev–Trinajstić information content (AvgIpc) is 3.16. The van der Waals surface area contributed by atoms with Crippen LogP contribution in [0.2, 0.25) is 0 Å². The number of carbonyl (C=O) groups is 2. The van der Waals surface area contributed by atoms with E-state index in [4.69, 9.17) is 21.7 Å². The van der Waals surface area contributed by atoms with E-state index in [1.54, 1.807) is 18.2 Å². The highest BCUT2D eigenvalue weighted by Crippen LogP contribution is 2.37. The minimum Gasteiger partial charge on any atom is -0.493 e. The summed E-state index contributed by atoms with van der Waals surface area (Å²) in [5, 5.41) is 2.92. The first kappa shape index (κ1) is 26.4. The van der Waals surface area contributed by atoms with E-state index < -0.39 is 0 Å². The molecule has 0 aliphatic carbocycles. The van der Waals surface area contributed by atoms with Crippen molar-refractivity contribution in [3.8, 4) is 11.5 Å². The summed E-state index contributed by atoms with van der Waals surface area (Å²) in [6, 6.07) is 20.7. The number of hydrogen-bond donors (Lipinski definition) is 1. The molecule has 0 radical (unpaired) electrons. The Morgan fingerprint density at radius 2 is 1.81 bits per heavy atom. The molecule has 1 saturated heterocycles. The Kier molecular flexibility index (Phi) is 8.31. The highest BCUT2D eigenvalue weighted by molar-refractivity contribution is 8.27. The van der Waals surface area contributed by atoms with Crippen LogP contribution < -0.4 is 19.7 Å². The van der Waals surface area contributed by atoms with Gasteiger partial charge in [-0.15, -0.1) is 0 Å². The van der Waals surface area contributed by atoms with Crippen LogP contribution in [-0.4, -0.2) is 29.9 Å². The van der Waals surface area contributed by atoms with Gasteiger partial charge >= 0.3 is 0 Å². The van der Waals surface area contributed by atoms with Crippen LogP contribution in [0.15, 0.2) is 71.6 Å². The van der Waals surface area contributed by atoms with E-state index in [-0.39, 0.29) is 24.3 Å². The molecule has 4 rings (SSSR count). The fourth-order valence-electron chi connectivity index (χ4n) is 3.87. The molecule has 1 aliphatic rings. The molecular weight excluding hydrogens is 504 g/mol. The maximum absolute atomic E-state index is 13.1. The van der Waals surface area contributed by atoms with Gasteiger partial charge in [-0.3, -0.25) is 14.5 Å². The van der Waals surface area contributed by atoms with Crippen LogP contribution in [0.5, 0.6) is 11.5 Å². The van der Waals surface area contributed by atoms with Crippen molar-refractivity contribution in [2.75, 3.05) is 23.9 Å². The van der Waals surface area contributed by atoms with Crippen molar-refractivity contribution in [2.45, 2.75) is 26.7 Å². The number of thiocarbonyl (C=S) groups is 1. The normalized spacial score (nSPS) is 14.4. The van der Waals surface area contributed by atoms with Gasteiger partial charge in [0.05, 0.1) is 17.7 Å². The summed E-state index contributed by atoms with van der Waals surface area (Å²) in [7, 11) is 1.53. The number of nitrogens with one attached hydrogen (secondary N) is 1. The molecule has 37 heavy (non-hydrogen) atoms. The van der Waals surface area contributed by atoms with Gasteiger partial charge in [0, 0.05) is 5.69 Å². The molecule has 1 N–H and O–H groups in total. The minimum absolute atomic E-state index is 0.169. The quantitative estimate of drug-likeness (QED) is 0.262. The van der Waals surface area contributed by atoms with Crippen LogP contribution in [0.3, 0.4) is 0 Å². The molecule has 0 spiro atoms. The number of rotatable bonds is 8. The van der Waals surface area contributed by atoms with Gasteiger partial charge in [-0.25, -0.2) is 0 Å². The van der Waals surface area contributed by atoms with E-state index in [9.17, 15) is 9.59 Å². The van der Waals surface area contributed by atoms with Crippen molar-refractivity contribution in [1.29, 1.82) is 0 Å². The highest BCUT2D eigenvalue weighted by Gasteiger charge is 2.33. The first-order chi connectivity index (χ1) is 17.8. The second-order valence-corrected chi connectivity index (χ2v) is 10.5. The van der Waals surface area contributed by atoms with E-state index in [0.717, 1.165) is 28.1 Å². The lowest BCUT2D eigenvalue weighted by atomic mass is 10.0. The lowest BCUT2D eigenvalue weighted by Crippen LogP contribution is -2.27. The Morgan fingerprint density at radius 1 is 1.08 bits per heavy atom. The number of nitrogens with zero attached hydrogens (tertiary/aromatic N) is 1. The zero-order chi connectivity index (χ0) is 26.5. The second kappa shape index (κ2) is 11.6. The predicted octanol–water partition coefficient (Wildman–Crippen LogP) is 6.55. The summed E-state index contributed by atoms with van der Waals surface area (Å²) in [4.78, 5) is 27.7. The SMILES string of the molecule is COc1cc(/C=C2/SC(=S)N(c3ccc(C)cc3)C2=O)ccc1OCC(=O)Nc1ccccc1C(C)C. The molecule has 6 nitrogen and oxygen atoms in total. The van der Waals surface area contributed by atoms with Gasteiger partial charge in [-0.1, -0.05) is 79.8 Å². The van der Waals surface area contributed by atoms with Crippen LogP contribution in [0, 0.1) is 6.92 Å². The first-order valence-electron chi connectivity index (χ1n) is 11.8. The van der Waals surface area contributed by atoms with Crippen molar-refractivity contribution in [2.24, 2.45) is 0 Å². The van der Waals surface area contributed by atoms with Gasteiger partial charge in [0.15, 0.2) is 22.4 Å². The topological polar surface area (TPSA) is 67.9 Å². The van der Waals surface area contributed by atoms with E-state index in [0.29, 0.717) is 20.7 Å². The Bertz CT molecular complexity index is 1370. The van der Waals surface area contributed by atoms with Gasteiger partial charge in [-0.2, -0.15) is 0 Å². The van der Waals surface area contributed by atoms with Gasteiger partial charge in [0.25, 0.3) is 11.8 Å². The van der Waals surface area contributed by atoms with E-state index >= 15 is 0 Å². The molecule has 1 fully saturated rings. The monoisotopic (exact) mass is 532 g/mol. The maximum atomic E-state index is 13.1. The summed E-state index contributed by atoms with van der Waals surface area (Å²) in [6.07, 6.45) is 1.77. The van der Waals surface area contributed by atoms with Crippen LogP contribution in [0.25, 0.3) is 6.08 Å². The molecule has 1 heterocycles. The number of benzene rings is 3. The van der Waals surface area contributed by atoms with Crippen molar-refractivity contribution < 1.29 is 19.1 Å². The van der Waals surface area contributed by atoms with Crippen LogP contribution in [-0.2, 0) is 9.59 Å². The van der Waals surface area contributed by atoms with Gasteiger partial charge in [0.1, 0.15) is 0 Å². The van der Waals surface area contributed by atoms with Crippen molar-refractivity contribution in [3.63, 3.8) is 0 Å². The number of thioether (sulfide) groups is 1. The summed E-state index contributed by atoms with van der Waals surface area (Å²) in [5.41, 5.74) is 4.44. The third kappa shape index (κ3) is 6.21. The van der Waals surface area contributed by atoms with Crippen molar-refractivity contribution in [1.82, 2.24) is 0 Å². The van der Waals surface area contributed by atoms with Crippen molar-refractivity contribution in [3.05, 3.63) is 88.3 Å². The molecule has 8 heteroatoms. The zero-order valence-electron chi connectivity index (χ0n) is 21.1. The number of anilines is 2. The van der Waals surface area contributed by atoms with Gasteiger partial charge in [0.2, 0.25) is 0 Å². The van der Waals surface area contributed by atoms with Crippen LogP contribution in [0.4, 0.5) is 11.4 Å². The molecule has 1 aliphatic heterocycles. The number of methoxy groups -OCH3 is 1. The van der Waals surface area contributed by atoms with E-state index in [2.05, 4.69) is 19.2 Å². The second-order valence-electron chi connectivity index (χ2n) is 8.84. The molecule has 3 aromatic carbocycles. The molecule has 2 amide bonds. The molecule has 190 valence electrons. The van der Waals surface area contributed by atoms with Crippen LogP contribution >= 0.6 is 24.0 Å². The Hall–Kier alpha value is -3.62. The predicted molar refractivity (Wildman–Crippen MR) is 154 cm³/mol. The maximum Gasteiger partial charge on any atom is 0.270 e.